The molecule has 1 aromatic carbocycles. The van der Waals surface area contributed by atoms with E-state index in [2.05, 4.69) is 5.32 Å². The molecule has 5 nitrogen and oxygen atoms in total. The van der Waals surface area contributed by atoms with Crippen LogP contribution in [0.1, 0.15) is 24.2 Å². The molecule has 128 valence electrons. The topological polar surface area (TPSA) is 50.8 Å². The van der Waals surface area contributed by atoms with Crippen LogP contribution in [0.5, 0.6) is 11.5 Å². The van der Waals surface area contributed by atoms with Crippen molar-refractivity contribution >= 4 is 18.3 Å². The fraction of sp³-hybridized carbons (Fsp3) is 0.588. The number of hydrogen-bond donors (Lipinski definition) is 1. The van der Waals surface area contributed by atoms with Crippen molar-refractivity contribution in [2.45, 2.75) is 13.8 Å². The molecule has 2 aliphatic heterocycles. The van der Waals surface area contributed by atoms with Crippen LogP contribution >= 0.6 is 12.4 Å². The van der Waals surface area contributed by atoms with Crippen molar-refractivity contribution in [2.24, 2.45) is 11.8 Å². The number of fused-ring (bicyclic) bond motifs is 1. The van der Waals surface area contributed by atoms with Gasteiger partial charge in [0, 0.05) is 31.7 Å². The maximum Gasteiger partial charge on any atom is 0.254 e. The van der Waals surface area contributed by atoms with E-state index in [-0.39, 0.29) is 18.3 Å². The van der Waals surface area contributed by atoms with Crippen LogP contribution in [-0.2, 0) is 0 Å². The molecular weight excluding hydrogens is 316 g/mol. The lowest BCUT2D eigenvalue weighted by Crippen LogP contribution is -2.31. The van der Waals surface area contributed by atoms with Crippen LogP contribution in [0.15, 0.2) is 18.2 Å². The first-order chi connectivity index (χ1) is 10.7. The third-order valence-corrected chi connectivity index (χ3v) is 4.47. The first-order valence-corrected chi connectivity index (χ1v) is 8.12. The lowest BCUT2D eigenvalue weighted by molar-refractivity contribution is 0.0781. The molecule has 2 aliphatic rings. The van der Waals surface area contributed by atoms with Gasteiger partial charge in [0.25, 0.3) is 5.91 Å². The fourth-order valence-corrected chi connectivity index (χ4v) is 3.39. The summed E-state index contributed by atoms with van der Waals surface area (Å²) in [5, 5.41) is 3.40. The van der Waals surface area contributed by atoms with Crippen LogP contribution in [0.25, 0.3) is 0 Å². The van der Waals surface area contributed by atoms with Gasteiger partial charge in [0.05, 0.1) is 13.2 Å². The first-order valence-electron chi connectivity index (χ1n) is 8.12. The van der Waals surface area contributed by atoms with Crippen molar-refractivity contribution < 1.29 is 14.3 Å². The number of carbonyl (C=O) groups excluding carboxylic acids is 1. The number of likely N-dealkylation sites (tertiary alicyclic amines) is 1. The van der Waals surface area contributed by atoms with Crippen molar-refractivity contribution in [3.05, 3.63) is 23.8 Å². The van der Waals surface area contributed by atoms with Gasteiger partial charge in [-0.15, -0.1) is 12.4 Å². The molecule has 0 aliphatic carbocycles. The van der Waals surface area contributed by atoms with Gasteiger partial charge in [0.15, 0.2) is 11.5 Å². The van der Waals surface area contributed by atoms with Crippen molar-refractivity contribution in [3.8, 4) is 11.5 Å². The van der Waals surface area contributed by atoms with Gasteiger partial charge in [0.1, 0.15) is 0 Å². The number of nitrogens with zero attached hydrogens (tertiary/aromatic N) is 1. The van der Waals surface area contributed by atoms with Crippen LogP contribution in [-0.4, -0.2) is 50.2 Å². The molecule has 0 bridgehead atoms. The molecule has 0 unspecified atom stereocenters. The maximum absolute atomic E-state index is 12.7. The van der Waals surface area contributed by atoms with Gasteiger partial charge in [-0.05, 0) is 43.9 Å². The molecule has 3 rings (SSSR count). The number of hydrogen-bond acceptors (Lipinski definition) is 4. The first kappa shape index (κ1) is 17.9. The number of rotatable bonds is 5. The minimum Gasteiger partial charge on any atom is -0.490 e. The molecule has 23 heavy (non-hydrogen) atoms. The van der Waals surface area contributed by atoms with E-state index in [1.165, 1.54) is 0 Å². The average Bonchev–Trinajstić information content (AvgIpc) is 3.10. The summed E-state index contributed by atoms with van der Waals surface area (Å²) in [6.45, 7) is 8.77. The zero-order valence-electron chi connectivity index (χ0n) is 13.7. The maximum atomic E-state index is 12.7. The Balaban J connectivity index is 0.00000192. The SMILES string of the molecule is CCOc1ccc(C(=O)N2C[C@H]3CNC[C@H]3C2)cc1OCC.Cl. The molecule has 0 aromatic heterocycles. The number of carbonyl (C=O) groups is 1. The lowest BCUT2D eigenvalue weighted by Gasteiger charge is -2.19. The monoisotopic (exact) mass is 340 g/mol. The Bertz CT molecular complexity index is 541. The molecular formula is C17H25ClN2O3. The Kier molecular flexibility index (Phi) is 6.13. The second kappa shape index (κ2) is 7.88. The largest absolute Gasteiger partial charge is 0.490 e. The van der Waals surface area contributed by atoms with E-state index in [0.717, 1.165) is 26.2 Å². The molecule has 2 atom stereocenters. The Morgan fingerprint density at radius 3 is 2.35 bits per heavy atom. The van der Waals surface area contributed by atoms with E-state index in [1.54, 1.807) is 0 Å². The van der Waals surface area contributed by atoms with Gasteiger partial charge in [-0.1, -0.05) is 0 Å². The highest BCUT2D eigenvalue weighted by atomic mass is 35.5. The van der Waals surface area contributed by atoms with E-state index in [1.807, 2.05) is 36.9 Å². The summed E-state index contributed by atoms with van der Waals surface area (Å²) in [4.78, 5) is 14.7. The second-order valence-corrected chi connectivity index (χ2v) is 5.92. The normalized spacial score (nSPS) is 22.4. The standard InChI is InChI=1S/C17H24N2O3.ClH/c1-3-21-15-6-5-12(7-16(15)22-4-2)17(20)19-10-13-8-18-9-14(13)11-19;/h5-7,13-14,18H,3-4,8-11H2,1-2H3;1H/t13-,14+;. The zero-order chi connectivity index (χ0) is 15.5. The summed E-state index contributed by atoms with van der Waals surface area (Å²) in [6.07, 6.45) is 0. The van der Waals surface area contributed by atoms with Crippen LogP contribution in [0, 0.1) is 11.8 Å². The predicted octanol–water partition coefficient (Wildman–Crippen LogP) is 2.20. The highest BCUT2D eigenvalue weighted by Gasteiger charge is 2.38. The summed E-state index contributed by atoms with van der Waals surface area (Å²) in [5.41, 5.74) is 0.680. The number of nitrogens with one attached hydrogen (secondary N) is 1. The van der Waals surface area contributed by atoms with E-state index < -0.39 is 0 Å². The summed E-state index contributed by atoms with van der Waals surface area (Å²) < 4.78 is 11.2. The molecule has 2 fully saturated rings. The second-order valence-electron chi connectivity index (χ2n) is 5.92. The van der Waals surface area contributed by atoms with Crippen LogP contribution in [0.4, 0.5) is 0 Å². The van der Waals surface area contributed by atoms with Crippen molar-refractivity contribution in [1.82, 2.24) is 10.2 Å². The minimum absolute atomic E-state index is 0. The Labute approximate surface area is 143 Å². The van der Waals surface area contributed by atoms with Crippen LogP contribution in [0.3, 0.4) is 0 Å². The van der Waals surface area contributed by atoms with Crippen molar-refractivity contribution in [3.63, 3.8) is 0 Å². The third-order valence-electron chi connectivity index (χ3n) is 4.47. The molecule has 1 amide bonds. The van der Waals surface area contributed by atoms with E-state index in [4.69, 9.17) is 9.47 Å². The number of benzene rings is 1. The van der Waals surface area contributed by atoms with Gasteiger partial charge >= 0.3 is 0 Å². The molecule has 1 N–H and O–H groups in total. The highest BCUT2D eigenvalue weighted by molar-refractivity contribution is 5.95. The molecule has 0 saturated carbocycles. The van der Waals surface area contributed by atoms with Gasteiger partial charge in [-0.3, -0.25) is 4.79 Å². The van der Waals surface area contributed by atoms with Crippen LogP contribution in [0.2, 0.25) is 0 Å². The Morgan fingerprint density at radius 1 is 1.13 bits per heavy atom. The smallest absolute Gasteiger partial charge is 0.254 e. The number of ether oxygens (including phenoxy) is 2. The fourth-order valence-electron chi connectivity index (χ4n) is 3.39. The lowest BCUT2D eigenvalue weighted by atomic mass is 10.0. The van der Waals surface area contributed by atoms with E-state index in [9.17, 15) is 4.79 Å². The summed E-state index contributed by atoms with van der Waals surface area (Å²) in [6, 6.07) is 5.48. The molecule has 2 heterocycles. The number of amides is 1. The van der Waals surface area contributed by atoms with Crippen molar-refractivity contribution in [1.29, 1.82) is 0 Å². The zero-order valence-corrected chi connectivity index (χ0v) is 14.5. The third kappa shape index (κ3) is 3.72. The minimum atomic E-state index is 0. The van der Waals surface area contributed by atoms with Gasteiger partial charge in [-0.25, -0.2) is 0 Å². The van der Waals surface area contributed by atoms with E-state index in [0.29, 0.717) is 42.1 Å². The Morgan fingerprint density at radius 2 is 1.74 bits per heavy atom. The van der Waals surface area contributed by atoms with Gasteiger partial charge < -0.3 is 19.7 Å². The quantitative estimate of drug-likeness (QED) is 0.892. The molecule has 0 spiro atoms. The molecule has 1 aromatic rings. The molecule has 2 saturated heterocycles. The number of halogens is 1. The van der Waals surface area contributed by atoms with Crippen molar-refractivity contribution in [2.75, 3.05) is 39.4 Å². The van der Waals surface area contributed by atoms with E-state index >= 15 is 0 Å². The molecule has 6 heteroatoms. The van der Waals surface area contributed by atoms with Crippen LogP contribution < -0.4 is 14.8 Å². The average molecular weight is 341 g/mol. The van der Waals surface area contributed by atoms with Gasteiger partial charge in [0.2, 0.25) is 0 Å². The summed E-state index contributed by atoms with van der Waals surface area (Å²) in [7, 11) is 0. The highest BCUT2D eigenvalue weighted by Crippen LogP contribution is 2.31. The van der Waals surface area contributed by atoms with Gasteiger partial charge in [-0.2, -0.15) is 0 Å². The summed E-state index contributed by atoms with van der Waals surface area (Å²) in [5.74, 6) is 2.66. The summed E-state index contributed by atoms with van der Waals surface area (Å²) >= 11 is 0. The predicted molar refractivity (Wildman–Crippen MR) is 91.8 cm³/mol. The Hall–Kier alpha value is -1.46. The molecule has 0 radical (unpaired) electrons.